The highest BCUT2D eigenvalue weighted by molar-refractivity contribution is 7.09. The van der Waals surface area contributed by atoms with Crippen LogP contribution in [0.5, 0.6) is 0 Å². The van der Waals surface area contributed by atoms with E-state index in [1.165, 1.54) is 5.01 Å². The number of hydrogen-bond donors (Lipinski definition) is 1. The van der Waals surface area contributed by atoms with E-state index < -0.39 is 0 Å². The number of nitrogens with one attached hydrogen (secondary N) is 1. The van der Waals surface area contributed by atoms with Crippen molar-refractivity contribution in [3.63, 3.8) is 0 Å². The molecular formula is C19H22N4O2S. The van der Waals surface area contributed by atoms with E-state index in [2.05, 4.69) is 15.4 Å². The van der Waals surface area contributed by atoms with Gasteiger partial charge in [0.1, 0.15) is 5.71 Å². The molecule has 0 saturated carbocycles. The Kier molecular flexibility index (Phi) is 5.46. The summed E-state index contributed by atoms with van der Waals surface area (Å²) in [5.74, 6) is -0.312. The van der Waals surface area contributed by atoms with Gasteiger partial charge in [0.2, 0.25) is 5.91 Å². The van der Waals surface area contributed by atoms with Gasteiger partial charge in [0.25, 0.3) is 5.91 Å². The van der Waals surface area contributed by atoms with E-state index in [4.69, 9.17) is 0 Å². The molecule has 0 fully saturated rings. The summed E-state index contributed by atoms with van der Waals surface area (Å²) in [5, 5.41) is 11.6. The van der Waals surface area contributed by atoms with Gasteiger partial charge in [0.15, 0.2) is 0 Å². The lowest BCUT2D eigenvalue weighted by molar-refractivity contribution is -0.118. The Bertz CT molecular complexity index is 872. The molecule has 0 unspecified atom stereocenters. The molecule has 0 aliphatic carbocycles. The predicted octanol–water partition coefficient (Wildman–Crippen LogP) is 2.91. The van der Waals surface area contributed by atoms with Crippen molar-refractivity contribution in [3.8, 4) is 0 Å². The number of amides is 2. The van der Waals surface area contributed by atoms with Gasteiger partial charge >= 0.3 is 0 Å². The fraction of sp³-hybridized carbons (Fsp3) is 0.368. The van der Waals surface area contributed by atoms with Crippen LogP contribution in [0.25, 0.3) is 0 Å². The van der Waals surface area contributed by atoms with Gasteiger partial charge in [-0.3, -0.25) is 9.59 Å². The maximum atomic E-state index is 12.4. The van der Waals surface area contributed by atoms with Crippen LogP contribution in [0, 0.1) is 20.8 Å². The Labute approximate surface area is 156 Å². The molecule has 3 rings (SSSR count). The molecule has 1 aliphatic heterocycles. The highest BCUT2D eigenvalue weighted by atomic mass is 32.1. The van der Waals surface area contributed by atoms with Crippen molar-refractivity contribution in [3.05, 3.63) is 45.4 Å². The minimum atomic E-state index is -0.222. The lowest BCUT2D eigenvalue weighted by atomic mass is 10.1. The topological polar surface area (TPSA) is 74.7 Å². The Morgan fingerprint density at radius 1 is 1.27 bits per heavy atom. The van der Waals surface area contributed by atoms with E-state index in [0.29, 0.717) is 25.1 Å². The van der Waals surface area contributed by atoms with E-state index in [9.17, 15) is 9.59 Å². The molecule has 2 amide bonds. The van der Waals surface area contributed by atoms with Crippen molar-refractivity contribution < 1.29 is 9.59 Å². The third kappa shape index (κ3) is 4.16. The molecule has 0 bridgehead atoms. The molecule has 2 heterocycles. The highest BCUT2D eigenvalue weighted by Gasteiger charge is 2.26. The van der Waals surface area contributed by atoms with E-state index in [1.54, 1.807) is 11.3 Å². The summed E-state index contributed by atoms with van der Waals surface area (Å²) >= 11 is 1.60. The zero-order chi connectivity index (χ0) is 18.7. The second kappa shape index (κ2) is 7.78. The van der Waals surface area contributed by atoms with Gasteiger partial charge in [-0.05, 0) is 38.0 Å². The van der Waals surface area contributed by atoms with Crippen LogP contribution in [-0.2, 0) is 16.0 Å². The third-order valence-electron chi connectivity index (χ3n) is 4.22. The van der Waals surface area contributed by atoms with Gasteiger partial charge in [-0.2, -0.15) is 5.10 Å². The minimum absolute atomic E-state index is 0.0896. The Morgan fingerprint density at radius 2 is 2.08 bits per heavy atom. The third-order valence-corrected chi connectivity index (χ3v) is 5.04. The first kappa shape index (κ1) is 18.3. The molecule has 1 aromatic heterocycles. The number of thiazole rings is 1. The first-order valence-electron chi connectivity index (χ1n) is 8.61. The minimum Gasteiger partial charge on any atom is -0.351 e. The SMILES string of the molecule is Cc1ccc(C)c(N2N=C(C(=O)NCCc3csc(C)n3)CCC2=O)c1. The second-order valence-electron chi connectivity index (χ2n) is 6.41. The Morgan fingerprint density at radius 3 is 2.81 bits per heavy atom. The van der Waals surface area contributed by atoms with Gasteiger partial charge in [-0.1, -0.05) is 12.1 Å². The lowest BCUT2D eigenvalue weighted by Crippen LogP contribution is -2.40. The number of benzene rings is 1. The molecule has 136 valence electrons. The molecule has 6 nitrogen and oxygen atoms in total. The van der Waals surface area contributed by atoms with E-state index in [-0.39, 0.29) is 18.2 Å². The van der Waals surface area contributed by atoms with Crippen molar-refractivity contribution in [2.45, 2.75) is 40.0 Å². The van der Waals surface area contributed by atoms with Crippen molar-refractivity contribution in [1.29, 1.82) is 0 Å². The number of hydrazone groups is 1. The highest BCUT2D eigenvalue weighted by Crippen LogP contribution is 2.25. The Balaban J connectivity index is 1.69. The quantitative estimate of drug-likeness (QED) is 0.879. The monoisotopic (exact) mass is 370 g/mol. The average Bonchev–Trinajstić information content (AvgIpc) is 3.03. The van der Waals surface area contributed by atoms with Crippen LogP contribution in [0.3, 0.4) is 0 Å². The van der Waals surface area contributed by atoms with Crippen LogP contribution in [0.15, 0.2) is 28.7 Å². The summed E-state index contributed by atoms with van der Waals surface area (Å²) < 4.78 is 0. The molecule has 7 heteroatoms. The number of aryl methyl sites for hydroxylation is 3. The number of rotatable bonds is 5. The first-order valence-corrected chi connectivity index (χ1v) is 9.49. The molecule has 26 heavy (non-hydrogen) atoms. The predicted molar refractivity (Wildman–Crippen MR) is 104 cm³/mol. The van der Waals surface area contributed by atoms with Crippen LogP contribution < -0.4 is 10.3 Å². The molecule has 0 saturated heterocycles. The van der Waals surface area contributed by atoms with Crippen LogP contribution in [0.1, 0.15) is 34.7 Å². The van der Waals surface area contributed by atoms with E-state index >= 15 is 0 Å². The number of nitrogens with zero attached hydrogens (tertiary/aromatic N) is 3. The number of aromatic nitrogens is 1. The van der Waals surface area contributed by atoms with Gasteiger partial charge in [0, 0.05) is 31.2 Å². The number of anilines is 1. The summed E-state index contributed by atoms with van der Waals surface area (Å²) in [6.07, 6.45) is 1.33. The maximum absolute atomic E-state index is 12.4. The molecule has 0 spiro atoms. The molecule has 1 N–H and O–H groups in total. The normalized spacial score (nSPS) is 14.3. The first-order chi connectivity index (χ1) is 12.4. The van der Waals surface area contributed by atoms with Crippen molar-refractivity contribution in [1.82, 2.24) is 10.3 Å². The summed E-state index contributed by atoms with van der Waals surface area (Å²) in [7, 11) is 0. The van der Waals surface area contributed by atoms with Crippen LogP contribution in [0.2, 0.25) is 0 Å². The van der Waals surface area contributed by atoms with Crippen molar-refractivity contribution in [2.24, 2.45) is 5.10 Å². The second-order valence-corrected chi connectivity index (χ2v) is 7.47. The largest absolute Gasteiger partial charge is 0.351 e. The van der Waals surface area contributed by atoms with Gasteiger partial charge < -0.3 is 5.32 Å². The fourth-order valence-electron chi connectivity index (χ4n) is 2.78. The standard InChI is InChI=1S/C19H22N4O2S/c1-12-4-5-13(2)17(10-12)23-18(24)7-6-16(22-23)19(25)20-9-8-15-11-26-14(3)21-15/h4-5,10-11H,6-9H2,1-3H3,(H,20,25). The van der Waals surface area contributed by atoms with Gasteiger partial charge in [-0.15, -0.1) is 11.3 Å². The van der Waals surface area contributed by atoms with Crippen LogP contribution >= 0.6 is 11.3 Å². The lowest BCUT2D eigenvalue weighted by Gasteiger charge is -2.24. The van der Waals surface area contributed by atoms with Gasteiger partial charge in [0.05, 0.1) is 16.4 Å². The molecular weight excluding hydrogens is 348 g/mol. The number of carbonyl (C=O) groups is 2. The molecule has 0 atom stereocenters. The Hall–Kier alpha value is -2.54. The summed E-state index contributed by atoms with van der Waals surface area (Å²) in [6.45, 7) is 6.36. The summed E-state index contributed by atoms with van der Waals surface area (Å²) in [5.41, 5.74) is 4.10. The van der Waals surface area contributed by atoms with Crippen LogP contribution in [0.4, 0.5) is 5.69 Å². The van der Waals surface area contributed by atoms with Crippen LogP contribution in [-0.4, -0.2) is 29.1 Å². The summed E-state index contributed by atoms with van der Waals surface area (Å²) in [6, 6.07) is 5.87. The zero-order valence-electron chi connectivity index (χ0n) is 15.2. The smallest absolute Gasteiger partial charge is 0.267 e. The van der Waals surface area contributed by atoms with E-state index in [1.807, 2.05) is 44.4 Å². The van der Waals surface area contributed by atoms with Gasteiger partial charge in [-0.25, -0.2) is 9.99 Å². The zero-order valence-corrected chi connectivity index (χ0v) is 16.0. The number of carbonyl (C=O) groups excluding carboxylic acids is 2. The fourth-order valence-corrected chi connectivity index (χ4v) is 3.43. The number of hydrogen-bond acceptors (Lipinski definition) is 5. The maximum Gasteiger partial charge on any atom is 0.267 e. The summed E-state index contributed by atoms with van der Waals surface area (Å²) in [4.78, 5) is 29.1. The molecule has 2 aromatic rings. The van der Waals surface area contributed by atoms with Crippen molar-refractivity contribution in [2.75, 3.05) is 11.6 Å². The molecule has 1 aliphatic rings. The molecule has 0 radical (unpaired) electrons. The van der Waals surface area contributed by atoms with E-state index in [0.717, 1.165) is 27.5 Å². The van der Waals surface area contributed by atoms with Crippen molar-refractivity contribution >= 4 is 34.6 Å². The average molecular weight is 370 g/mol. The molecule has 1 aromatic carbocycles.